The fourth-order valence-electron chi connectivity index (χ4n) is 3.96. The van der Waals surface area contributed by atoms with Gasteiger partial charge in [-0.25, -0.2) is 0 Å². The van der Waals surface area contributed by atoms with Crippen molar-refractivity contribution in [1.29, 1.82) is 0 Å². The van der Waals surface area contributed by atoms with Crippen LogP contribution in [0.5, 0.6) is 0 Å². The molecule has 0 aromatic rings. The number of aliphatic hydroxyl groups is 1. The molecule has 0 heterocycles. The molecule has 100 valence electrons. The van der Waals surface area contributed by atoms with Crippen molar-refractivity contribution in [3.63, 3.8) is 0 Å². The highest BCUT2D eigenvalue weighted by atomic mass is 16.4. The topological polar surface area (TPSA) is 57.5 Å². The second-order valence-electron chi connectivity index (χ2n) is 7.81. The maximum absolute atomic E-state index is 11.7. The van der Waals surface area contributed by atoms with Crippen molar-refractivity contribution in [3.8, 4) is 0 Å². The van der Waals surface area contributed by atoms with Gasteiger partial charge in [0.2, 0.25) is 0 Å². The van der Waals surface area contributed by atoms with Crippen LogP contribution in [0.1, 0.15) is 60.8 Å². The van der Waals surface area contributed by atoms with E-state index in [0.717, 1.165) is 6.42 Å². The zero-order valence-electron chi connectivity index (χ0n) is 11.9. The minimum atomic E-state index is -1.20. The Kier molecular flexibility index (Phi) is 3.16. The molecule has 1 aliphatic rings. The Bertz CT molecular complexity index is 305. The van der Waals surface area contributed by atoms with E-state index >= 15 is 0 Å². The monoisotopic (exact) mass is 242 g/mol. The molecule has 1 fully saturated rings. The van der Waals surface area contributed by atoms with Crippen LogP contribution in [-0.4, -0.2) is 21.8 Å². The Morgan fingerprint density at radius 3 is 1.59 bits per heavy atom. The average Bonchev–Trinajstić information content (AvgIpc) is 1.94. The first kappa shape index (κ1) is 14.5. The van der Waals surface area contributed by atoms with Gasteiger partial charge < -0.3 is 10.2 Å². The second-order valence-corrected chi connectivity index (χ2v) is 7.81. The summed E-state index contributed by atoms with van der Waals surface area (Å²) < 4.78 is 0. The third-order valence-corrected chi connectivity index (χ3v) is 4.10. The molecule has 0 aliphatic heterocycles. The average molecular weight is 242 g/mol. The molecule has 1 rings (SSSR count). The molecule has 0 aromatic carbocycles. The summed E-state index contributed by atoms with van der Waals surface area (Å²) in [5.41, 5.74) is -2.35. The summed E-state index contributed by atoms with van der Waals surface area (Å²) in [6.45, 7) is 11.6. The van der Waals surface area contributed by atoms with Crippen molar-refractivity contribution in [2.75, 3.05) is 0 Å². The molecule has 0 unspecified atom stereocenters. The molecular formula is C14H26O3. The molecule has 1 aliphatic carbocycles. The highest BCUT2D eigenvalue weighted by Crippen LogP contribution is 2.58. The van der Waals surface area contributed by atoms with Crippen LogP contribution in [-0.2, 0) is 4.79 Å². The van der Waals surface area contributed by atoms with Gasteiger partial charge in [0.1, 0.15) is 0 Å². The molecule has 3 heteroatoms. The van der Waals surface area contributed by atoms with Crippen LogP contribution in [0.2, 0.25) is 0 Å². The van der Waals surface area contributed by atoms with Gasteiger partial charge in [0.25, 0.3) is 0 Å². The number of carbonyl (C=O) groups is 1. The van der Waals surface area contributed by atoms with Gasteiger partial charge in [-0.15, -0.1) is 0 Å². The fraction of sp³-hybridized carbons (Fsp3) is 0.929. The van der Waals surface area contributed by atoms with Gasteiger partial charge in [-0.2, -0.15) is 0 Å². The first-order valence-electron chi connectivity index (χ1n) is 6.27. The van der Waals surface area contributed by atoms with Gasteiger partial charge in [0, 0.05) is 0 Å². The largest absolute Gasteiger partial charge is 0.481 e. The lowest BCUT2D eigenvalue weighted by Crippen LogP contribution is -2.57. The summed E-state index contributed by atoms with van der Waals surface area (Å²) in [4.78, 5) is 11.7. The normalized spacial score (nSPS) is 26.5. The predicted molar refractivity (Wildman–Crippen MR) is 67.8 cm³/mol. The number of hydrogen-bond acceptors (Lipinski definition) is 2. The van der Waals surface area contributed by atoms with E-state index in [1.165, 1.54) is 0 Å². The van der Waals surface area contributed by atoms with E-state index in [1.54, 1.807) is 13.8 Å². The number of rotatable bonds is 2. The number of aliphatic carboxylic acids is 1. The lowest BCUT2D eigenvalue weighted by molar-refractivity contribution is -0.184. The molecule has 0 atom stereocenters. The van der Waals surface area contributed by atoms with Crippen molar-refractivity contribution < 1.29 is 15.0 Å². The van der Waals surface area contributed by atoms with E-state index in [1.807, 2.05) is 0 Å². The minimum Gasteiger partial charge on any atom is -0.481 e. The molecule has 0 bridgehead atoms. The van der Waals surface area contributed by atoms with E-state index < -0.39 is 17.0 Å². The van der Waals surface area contributed by atoms with Crippen molar-refractivity contribution >= 4 is 5.97 Å². The third kappa shape index (κ3) is 2.65. The Balaban J connectivity index is 3.28. The summed E-state index contributed by atoms with van der Waals surface area (Å²) >= 11 is 0. The Labute approximate surface area is 104 Å². The molecule has 0 amide bonds. The van der Waals surface area contributed by atoms with E-state index in [2.05, 4.69) is 27.7 Å². The van der Waals surface area contributed by atoms with Gasteiger partial charge in [0.05, 0.1) is 11.0 Å². The molecule has 0 radical (unpaired) electrons. The van der Waals surface area contributed by atoms with Crippen molar-refractivity contribution in [1.82, 2.24) is 0 Å². The summed E-state index contributed by atoms with van der Waals surface area (Å²) in [6.07, 6.45) is 2.05. The van der Waals surface area contributed by atoms with Gasteiger partial charge in [-0.1, -0.05) is 27.7 Å². The highest BCUT2D eigenvalue weighted by Gasteiger charge is 2.58. The molecular weight excluding hydrogens is 216 g/mol. The first-order chi connectivity index (χ1) is 7.31. The lowest BCUT2D eigenvalue weighted by Gasteiger charge is -2.54. The van der Waals surface area contributed by atoms with Crippen LogP contribution in [0, 0.1) is 16.2 Å². The Morgan fingerprint density at radius 2 is 1.35 bits per heavy atom. The lowest BCUT2D eigenvalue weighted by atomic mass is 9.51. The highest BCUT2D eigenvalue weighted by molar-refractivity contribution is 5.76. The van der Waals surface area contributed by atoms with Crippen molar-refractivity contribution in [3.05, 3.63) is 0 Å². The van der Waals surface area contributed by atoms with Gasteiger partial charge >= 0.3 is 5.97 Å². The van der Waals surface area contributed by atoms with Crippen LogP contribution in [0.25, 0.3) is 0 Å². The summed E-state index contributed by atoms with van der Waals surface area (Å²) in [5, 5.41) is 20.0. The summed E-state index contributed by atoms with van der Waals surface area (Å²) in [5.74, 6) is -0.870. The molecule has 2 N–H and O–H groups in total. The summed E-state index contributed by atoms with van der Waals surface area (Å²) in [7, 11) is 0. The second kappa shape index (κ2) is 3.71. The van der Waals surface area contributed by atoms with Gasteiger partial charge in [-0.05, 0) is 43.9 Å². The maximum Gasteiger partial charge on any atom is 0.312 e. The smallest absolute Gasteiger partial charge is 0.312 e. The Morgan fingerprint density at radius 1 is 1.00 bits per heavy atom. The Hall–Kier alpha value is -0.570. The molecule has 0 aromatic heterocycles. The number of carboxylic acid groups (broad SMARTS) is 1. The number of carboxylic acids is 1. The minimum absolute atomic E-state index is 0.0554. The number of hydrogen-bond donors (Lipinski definition) is 2. The van der Waals surface area contributed by atoms with Crippen LogP contribution in [0.3, 0.4) is 0 Å². The molecule has 0 saturated heterocycles. The molecule has 1 saturated carbocycles. The SMILES string of the molecule is CC1(C)CC(C)(C)CC(C(=O)O)(C(C)(C)O)C1. The maximum atomic E-state index is 11.7. The van der Waals surface area contributed by atoms with E-state index in [4.69, 9.17) is 0 Å². The standard InChI is InChI=1S/C14H26O3/c1-11(2)7-12(3,4)9-14(8-11,10(15)16)13(5,6)17/h17H,7-9H2,1-6H3,(H,15,16). The molecule has 17 heavy (non-hydrogen) atoms. The van der Waals surface area contributed by atoms with Crippen molar-refractivity contribution in [2.45, 2.75) is 66.4 Å². The first-order valence-corrected chi connectivity index (χ1v) is 6.27. The fourth-order valence-corrected chi connectivity index (χ4v) is 3.96. The van der Waals surface area contributed by atoms with Crippen molar-refractivity contribution in [2.24, 2.45) is 16.2 Å². The quantitative estimate of drug-likeness (QED) is 0.782. The van der Waals surface area contributed by atoms with E-state index in [0.29, 0.717) is 12.8 Å². The third-order valence-electron chi connectivity index (χ3n) is 4.10. The van der Waals surface area contributed by atoms with E-state index in [-0.39, 0.29) is 10.8 Å². The van der Waals surface area contributed by atoms with Gasteiger partial charge in [-0.3, -0.25) is 4.79 Å². The van der Waals surface area contributed by atoms with Crippen LogP contribution in [0.4, 0.5) is 0 Å². The molecule has 3 nitrogen and oxygen atoms in total. The molecule has 0 spiro atoms. The summed E-state index contributed by atoms with van der Waals surface area (Å²) in [6, 6.07) is 0. The van der Waals surface area contributed by atoms with E-state index in [9.17, 15) is 15.0 Å². The van der Waals surface area contributed by atoms with Gasteiger partial charge in [0.15, 0.2) is 0 Å². The zero-order valence-corrected chi connectivity index (χ0v) is 11.9. The van der Waals surface area contributed by atoms with Crippen LogP contribution in [0.15, 0.2) is 0 Å². The zero-order chi connectivity index (χ0) is 13.7. The van der Waals surface area contributed by atoms with Crippen LogP contribution < -0.4 is 0 Å². The van der Waals surface area contributed by atoms with Crippen LogP contribution >= 0.6 is 0 Å². The predicted octanol–water partition coefficient (Wildman–Crippen LogP) is 3.06.